The standard InChI is InChI=1S/C53H88N2O7/c1-3-5-7-9-11-13-15-17-18-19-20-21-22-23-24-26-28-30-32-37-41-45-52(59)62-48(42-38-34-31-29-27-25-16-14-12-10-8-6-4-2)43-39-35-33-36-40-44-50(57)54-46-51(58)55-49(47-56)53(60)61/h6,8,12,14-15,17,19-20,22-23,25,27,31,34,48-49,56H,3-5,7,9-11,13,16,18,21,24,26,28-30,32-33,35-47H2,1-2H3,(H,54,57)(H,55,58)(H,60,61)/b8-6-,14-12-,17-15-,20-19-,23-22-,27-25-,34-31-. The number of aliphatic hydroxyl groups excluding tert-OH is 1. The molecule has 2 unspecified atom stereocenters. The normalized spacial score (nSPS) is 13.2. The summed E-state index contributed by atoms with van der Waals surface area (Å²) in [7, 11) is 0. The summed E-state index contributed by atoms with van der Waals surface area (Å²) in [6, 6.07) is -1.39. The summed E-state index contributed by atoms with van der Waals surface area (Å²) in [6.45, 7) is 3.34. The third-order valence-corrected chi connectivity index (χ3v) is 10.4. The quantitative estimate of drug-likeness (QED) is 0.0272. The summed E-state index contributed by atoms with van der Waals surface area (Å²) in [4.78, 5) is 47.7. The van der Waals surface area contributed by atoms with Crippen molar-refractivity contribution < 1.29 is 34.1 Å². The van der Waals surface area contributed by atoms with E-state index in [4.69, 9.17) is 14.9 Å². The van der Waals surface area contributed by atoms with Gasteiger partial charge in [-0.25, -0.2) is 4.79 Å². The SMILES string of the molecule is CC/C=C\C/C=C\C/C=C\C/C=C\CCC(CCCCCCCC(=O)NCC(=O)NC(CO)C(=O)O)OC(=O)CCCCCCCC/C=C\C/C=C\C/C=C\CCCCCCC. The van der Waals surface area contributed by atoms with Gasteiger partial charge in [0.25, 0.3) is 0 Å². The Bertz CT molecular complexity index is 1310. The van der Waals surface area contributed by atoms with E-state index in [1.54, 1.807) is 0 Å². The molecular weight excluding hydrogens is 777 g/mol. The molecule has 62 heavy (non-hydrogen) atoms. The van der Waals surface area contributed by atoms with Crippen molar-refractivity contribution in [2.75, 3.05) is 13.2 Å². The number of aliphatic carboxylic acids is 1. The molecular formula is C53H88N2O7. The van der Waals surface area contributed by atoms with Crippen molar-refractivity contribution in [1.29, 1.82) is 0 Å². The van der Waals surface area contributed by atoms with Gasteiger partial charge in [0.2, 0.25) is 11.8 Å². The van der Waals surface area contributed by atoms with Gasteiger partial charge in [0.05, 0.1) is 13.2 Å². The van der Waals surface area contributed by atoms with Gasteiger partial charge in [-0.1, -0.05) is 170 Å². The summed E-state index contributed by atoms with van der Waals surface area (Å²) in [5.41, 5.74) is 0. The minimum Gasteiger partial charge on any atom is -0.480 e. The molecule has 0 rings (SSSR count). The predicted molar refractivity (Wildman–Crippen MR) is 259 cm³/mol. The van der Waals surface area contributed by atoms with E-state index >= 15 is 0 Å². The molecule has 0 fully saturated rings. The predicted octanol–water partition coefficient (Wildman–Crippen LogP) is 12.8. The summed E-state index contributed by atoms with van der Waals surface area (Å²) >= 11 is 0. The third-order valence-electron chi connectivity index (χ3n) is 10.4. The second-order valence-corrected chi connectivity index (χ2v) is 16.2. The number of rotatable bonds is 43. The van der Waals surface area contributed by atoms with Gasteiger partial charge in [-0.3, -0.25) is 14.4 Å². The second kappa shape index (κ2) is 46.5. The number of allylic oxidation sites excluding steroid dienone is 14. The van der Waals surface area contributed by atoms with Crippen LogP contribution in [0.5, 0.6) is 0 Å². The van der Waals surface area contributed by atoms with E-state index in [0.29, 0.717) is 12.8 Å². The number of esters is 1. The van der Waals surface area contributed by atoms with Crippen molar-refractivity contribution in [2.45, 2.75) is 212 Å². The van der Waals surface area contributed by atoms with E-state index in [9.17, 15) is 19.2 Å². The molecule has 2 atom stereocenters. The van der Waals surface area contributed by atoms with Crippen molar-refractivity contribution in [3.8, 4) is 0 Å². The molecule has 9 nitrogen and oxygen atoms in total. The lowest BCUT2D eigenvalue weighted by molar-refractivity contribution is -0.150. The van der Waals surface area contributed by atoms with Gasteiger partial charge in [-0.15, -0.1) is 0 Å². The molecule has 0 bridgehead atoms. The highest BCUT2D eigenvalue weighted by Gasteiger charge is 2.19. The van der Waals surface area contributed by atoms with E-state index in [1.807, 2.05) is 0 Å². The molecule has 0 saturated heterocycles. The lowest BCUT2D eigenvalue weighted by Crippen LogP contribution is -2.47. The van der Waals surface area contributed by atoms with Crippen LogP contribution >= 0.6 is 0 Å². The maximum absolute atomic E-state index is 12.8. The molecule has 0 aliphatic rings. The molecule has 9 heteroatoms. The first kappa shape index (κ1) is 58.0. The molecule has 0 aliphatic carbocycles. The van der Waals surface area contributed by atoms with Crippen molar-refractivity contribution in [3.63, 3.8) is 0 Å². The van der Waals surface area contributed by atoms with Gasteiger partial charge in [0.1, 0.15) is 12.1 Å². The number of amides is 2. The van der Waals surface area contributed by atoms with Crippen LogP contribution < -0.4 is 10.6 Å². The Morgan fingerprint density at radius 2 is 0.952 bits per heavy atom. The highest BCUT2D eigenvalue weighted by molar-refractivity contribution is 5.87. The van der Waals surface area contributed by atoms with E-state index in [1.165, 1.54) is 57.8 Å². The van der Waals surface area contributed by atoms with Gasteiger partial charge in [-0.05, 0) is 103 Å². The van der Waals surface area contributed by atoms with Crippen LogP contribution in [0.3, 0.4) is 0 Å². The number of nitrogens with one attached hydrogen (secondary N) is 2. The Morgan fingerprint density at radius 1 is 0.500 bits per heavy atom. The Labute approximate surface area is 377 Å². The highest BCUT2D eigenvalue weighted by Crippen LogP contribution is 2.17. The molecule has 0 aliphatic heterocycles. The fourth-order valence-electron chi connectivity index (χ4n) is 6.65. The number of ether oxygens (including phenoxy) is 1. The fraction of sp³-hybridized carbons (Fsp3) is 0.660. The number of carboxylic acids is 1. The first-order valence-electron chi connectivity index (χ1n) is 24.5. The Kier molecular flexibility index (Phi) is 43.5. The monoisotopic (exact) mass is 865 g/mol. The highest BCUT2D eigenvalue weighted by atomic mass is 16.5. The lowest BCUT2D eigenvalue weighted by Gasteiger charge is -2.17. The minimum absolute atomic E-state index is 0.0947. The molecule has 2 amide bonds. The van der Waals surface area contributed by atoms with Crippen molar-refractivity contribution >= 4 is 23.8 Å². The average molecular weight is 865 g/mol. The third kappa shape index (κ3) is 42.7. The van der Waals surface area contributed by atoms with Crippen molar-refractivity contribution in [1.82, 2.24) is 10.6 Å². The molecule has 0 spiro atoms. The van der Waals surface area contributed by atoms with E-state index in [2.05, 4.69) is 110 Å². The van der Waals surface area contributed by atoms with Gasteiger partial charge in [0, 0.05) is 12.8 Å². The maximum Gasteiger partial charge on any atom is 0.328 e. The Morgan fingerprint density at radius 3 is 1.47 bits per heavy atom. The zero-order valence-electron chi connectivity index (χ0n) is 39.1. The van der Waals surface area contributed by atoms with Gasteiger partial charge in [0.15, 0.2) is 0 Å². The number of carboxylic acid groups (broad SMARTS) is 1. The van der Waals surface area contributed by atoms with Crippen LogP contribution in [0.25, 0.3) is 0 Å². The van der Waals surface area contributed by atoms with Gasteiger partial charge in [-0.2, -0.15) is 0 Å². The second-order valence-electron chi connectivity index (χ2n) is 16.2. The first-order chi connectivity index (χ1) is 30.3. The van der Waals surface area contributed by atoms with E-state index in [0.717, 1.165) is 109 Å². The Balaban J connectivity index is 4.40. The summed E-state index contributed by atoms with van der Waals surface area (Å²) in [5, 5.41) is 22.6. The minimum atomic E-state index is -1.39. The lowest BCUT2D eigenvalue weighted by atomic mass is 10.0. The van der Waals surface area contributed by atoms with Crippen LogP contribution in [0.1, 0.15) is 200 Å². The number of unbranched alkanes of at least 4 members (excludes halogenated alkanes) is 15. The summed E-state index contributed by atoms with van der Waals surface area (Å²) < 4.78 is 6.00. The molecule has 0 aromatic rings. The van der Waals surface area contributed by atoms with Crippen molar-refractivity contribution in [2.24, 2.45) is 0 Å². The number of carbonyl (C=O) groups excluding carboxylic acids is 3. The van der Waals surface area contributed by atoms with E-state index in [-0.39, 0.29) is 30.9 Å². The number of hydrogen-bond acceptors (Lipinski definition) is 6. The smallest absolute Gasteiger partial charge is 0.328 e. The van der Waals surface area contributed by atoms with Crippen molar-refractivity contribution in [3.05, 3.63) is 85.1 Å². The summed E-state index contributed by atoms with van der Waals surface area (Å²) in [6.07, 6.45) is 60.4. The Hall–Kier alpha value is -3.98. The van der Waals surface area contributed by atoms with Crippen LogP contribution in [-0.4, -0.2) is 59.3 Å². The van der Waals surface area contributed by atoms with Crippen LogP contribution in [0, 0.1) is 0 Å². The molecule has 0 radical (unpaired) electrons. The fourth-order valence-corrected chi connectivity index (χ4v) is 6.65. The molecule has 0 saturated carbocycles. The summed E-state index contributed by atoms with van der Waals surface area (Å²) in [5.74, 6) is -2.37. The maximum atomic E-state index is 12.8. The molecule has 0 aromatic carbocycles. The molecule has 0 heterocycles. The number of carbonyl (C=O) groups is 4. The molecule has 352 valence electrons. The number of aliphatic hydroxyl groups is 1. The molecule has 0 aromatic heterocycles. The van der Waals surface area contributed by atoms with Gasteiger partial charge >= 0.3 is 11.9 Å². The number of hydrogen-bond donors (Lipinski definition) is 4. The zero-order valence-corrected chi connectivity index (χ0v) is 39.1. The van der Waals surface area contributed by atoms with Crippen LogP contribution in [0.15, 0.2) is 85.1 Å². The van der Waals surface area contributed by atoms with Gasteiger partial charge < -0.3 is 25.6 Å². The van der Waals surface area contributed by atoms with E-state index < -0.39 is 24.5 Å². The van der Waals surface area contributed by atoms with Crippen LogP contribution in [-0.2, 0) is 23.9 Å². The van der Waals surface area contributed by atoms with Crippen LogP contribution in [0.2, 0.25) is 0 Å². The zero-order chi connectivity index (χ0) is 45.4. The average Bonchev–Trinajstić information content (AvgIpc) is 3.26. The first-order valence-corrected chi connectivity index (χ1v) is 24.5. The topological polar surface area (TPSA) is 142 Å². The largest absolute Gasteiger partial charge is 0.480 e. The molecule has 4 N–H and O–H groups in total. The van der Waals surface area contributed by atoms with Crippen LogP contribution in [0.4, 0.5) is 0 Å².